The number of benzene rings is 1. The van der Waals surface area contributed by atoms with Crippen molar-refractivity contribution in [2.75, 3.05) is 0 Å². The number of carbonyl (C=O) groups excluding carboxylic acids is 2. The van der Waals surface area contributed by atoms with E-state index in [1.54, 1.807) is 13.0 Å². The number of carbonyl (C=O) groups is 2. The lowest BCUT2D eigenvalue weighted by molar-refractivity contribution is -0.123. The molecule has 3 amide bonds. The van der Waals surface area contributed by atoms with Crippen LogP contribution >= 0.6 is 0 Å². The predicted molar refractivity (Wildman–Crippen MR) is 72.4 cm³/mol. The molecule has 2 heterocycles. The number of fused-ring (bicyclic) bond motifs is 1. The Morgan fingerprint density at radius 2 is 2.00 bits per heavy atom. The number of hydrogen-bond acceptors (Lipinski definition) is 3. The van der Waals surface area contributed by atoms with Crippen LogP contribution in [0.5, 0.6) is 0 Å². The Kier molecular flexibility index (Phi) is 2.47. The number of amides is 3. The summed E-state index contributed by atoms with van der Waals surface area (Å²) in [6.45, 7) is 3.54. The second kappa shape index (κ2) is 3.96. The van der Waals surface area contributed by atoms with Crippen molar-refractivity contribution in [3.63, 3.8) is 0 Å². The van der Waals surface area contributed by atoms with Crippen molar-refractivity contribution >= 4 is 22.8 Å². The maximum atomic E-state index is 12.3. The van der Waals surface area contributed by atoms with Crippen molar-refractivity contribution in [2.45, 2.75) is 25.9 Å². The van der Waals surface area contributed by atoms with Gasteiger partial charge >= 0.3 is 6.03 Å². The Labute approximate surface area is 113 Å². The fourth-order valence-electron chi connectivity index (χ4n) is 2.39. The van der Waals surface area contributed by atoms with Crippen molar-refractivity contribution < 1.29 is 9.59 Å². The van der Waals surface area contributed by atoms with Gasteiger partial charge in [0.05, 0.1) is 17.4 Å². The summed E-state index contributed by atoms with van der Waals surface area (Å²) in [6.07, 6.45) is 0. The van der Waals surface area contributed by atoms with Gasteiger partial charge in [-0.3, -0.25) is 20.0 Å². The lowest BCUT2D eigenvalue weighted by atomic mass is 10.0. The van der Waals surface area contributed by atoms with E-state index in [4.69, 9.17) is 0 Å². The van der Waals surface area contributed by atoms with E-state index in [2.05, 4.69) is 15.7 Å². The zero-order valence-electron chi connectivity index (χ0n) is 11.1. The number of nitrogens with one attached hydrogen (secondary N) is 3. The number of imide groups is 1. The van der Waals surface area contributed by atoms with E-state index in [0.717, 1.165) is 5.56 Å². The number of aryl methyl sites for hydroxylation is 1. The van der Waals surface area contributed by atoms with E-state index in [1.165, 1.54) is 4.68 Å². The number of hydrogen-bond donors (Lipinski definition) is 3. The molecule has 3 N–H and O–H groups in total. The van der Waals surface area contributed by atoms with Gasteiger partial charge in [0.1, 0.15) is 5.54 Å². The van der Waals surface area contributed by atoms with Gasteiger partial charge in [-0.05, 0) is 26.0 Å². The second-order valence-corrected chi connectivity index (χ2v) is 5.29. The van der Waals surface area contributed by atoms with E-state index in [1.807, 2.05) is 19.1 Å². The first kappa shape index (κ1) is 12.5. The minimum absolute atomic E-state index is 0.0527. The minimum Gasteiger partial charge on any atom is -0.322 e. The standard InChI is InChI=1S/C13H14N4O3/c1-7-3-4-9-8(5-7)10(18)17(16-9)6-13(2)11(19)14-12(20)15-13/h3-5,16H,6H2,1-2H3,(H2,14,15,19,20). The van der Waals surface area contributed by atoms with E-state index >= 15 is 0 Å². The average molecular weight is 274 g/mol. The summed E-state index contributed by atoms with van der Waals surface area (Å²) < 4.78 is 1.34. The van der Waals surface area contributed by atoms with Gasteiger partial charge in [-0.1, -0.05) is 11.6 Å². The third-order valence-corrected chi connectivity index (χ3v) is 3.50. The summed E-state index contributed by atoms with van der Waals surface area (Å²) >= 11 is 0. The van der Waals surface area contributed by atoms with Crippen LogP contribution in [0.4, 0.5) is 4.79 Å². The van der Waals surface area contributed by atoms with Gasteiger partial charge in [-0.15, -0.1) is 0 Å². The van der Waals surface area contributed by atoms with Gasteiger partial charge in [0.25, 0.3) is 11.5 Å². The highest BCUT2D eigenvalue weighted by atomic mass is 16.2. The molecule has 0 aliphatic carbocycles. The van der Waals surface area contributed by atoms with E-state index < -0.39 is 17.5 Å². The summed E-state index contributed by atoms with van der Waals surface area (Å²) in [5.41, 5.74) is 0.350. The molecule has 3 rings (SSSR count). The summed E-state index contributed by atoms with van der Waals surface area (Å²) in [4.78, 5) is 35.3. The highest BCUT2D eigenvalue weighted by Crippen LogP contribution is 2.14. The lowest BCUT2D eigenvalue weighted by Gasteiger charge is -2.20. The maximum absolute atomic E-state index is 12.3. The monoisotopic (exact) mass is 274 g/mol. The topological polar surface area (TPSA) is 96.0 Å². The molecule has 1 atom stereocenters. The summed E-state index contributed by atoms with van der Waals surface area (Å²) in [6, 6.07) is 4.96. The molecule has 0 radical (unpaired) electrons. The molecule has 104 valence electrons. The number of H-pyrrole nitrogens is 1. The summed E-state index contributed by atoms with van der Waals surface area (Å²) in [5.74, 6) is -0.441. The SMILES string of the molecule is Cc1ccc2[nH]n(CC3(C)NC(=O)NC3=O)c(=O)c2c1. The Morgan fingerprint density at radius 1 is 1.25 bits per heavy atom. The molecule has 0 spiro atoms. The molecule has 1 aromatic carbocycles. The van der Waals surface area contributed by atoms with Crippen molar-refractivity contribution in [3.8, 4) is 0 Å². The molecule has 1 fully saturated rings. The summed E-state index contributed by atoms with van der Waals surface area (Å²) in [5, 5.41) is 8.22. The molecule has 7 nitrogen and oxygen atoms in total. The first-order valence-electron chi connectivity index (χ1n) is 6.22. The predicted octanol–water partition coefficient (Wildman–Crippen LogP) is 0.236. The van der Waals surface area contributed by atoms with Crippen LogP contribution in [0.2, 0.25) is 0 Å². The fourth-order valence-corrected chi connectivity index (χ4v) is 2.39. The zero-order valence-corrected chi connectivity index (χ0v) is 11.1. The first-order valence-corrected chi connectivity index (χ1v) is 6.22. The van der Waals surface area contributed by atoms with Gasteiger partial charge in [-0.25, -0.2) is 9.48 Å². The fraction of sp³-hybridized carbons (Fsp3) is 0.308. The van der Waals surface area contributed by atoms with Crippen LogP contribution in [0.1, 0.15) is 12.5 Å². The minimum atomic E-state index is -1.13. The first-order chi connectivity index (χ1) is 9.39. The summed E-state index contributed by atoms with van der Waals surface area (Å²) in [7, 11) is 0. The van der Waals surface area contributed by atoms with Crippen molar-refractivity contribution in [2.24, 2.45) is 0 Å². The Balaban J connectivity index is 2.04. The molecule has 1 aliphatic heterocycles. The lowest BCUT2D eigenvalue weighted by Crippen LogP contribution is -2.49. The number of urea groups is 1. The molecule has 1 aliphatic rings. The highest BCUT2D eigenvalue weighted by molar-refractivity contribution is 6.06. The van der Waals surface area contributed by atoms with Gasteiger partial charge in [-0.2, -0.15) is 0 Å². The molecule has 20 heavy (non-hydrogen) atoms. The van der Waals surface area contributed by atoms with Crippen molar-refractivity contribution in [1.82, 2.24) is 20.4 Å². The Hall–Kier alpha value is -2.57. The molecule has 7 heteroatoms. The molecule has 0 saturated carbocycles. The molecular formula is C13H14N4O3. The van der Waals surface area contributed by atoms with Crippen LogP contribution in [0.15, 0.2) is 23.0 Å². The van der Waals surface area contributed by atoms with Crippen molar-refractivity contribution in [1.29, 1.82) is 0 Å². The number of nitrogens with zero attached hydrogens (tertiary/aromatic N) is 1. The van der Waals surface area contributed by atoms with Crippen LogP contribution < -0.4 is 16.2 Å². The molecule has 1 aromatic heterocycles. The largest absolute Gasteiger partial charge is 0.322 e. The Morgan fingerprint density at radius 3 is 2.65 bits per heavy atom. The van der Waals surface area contributed by atoms with Gasteiger partial charge in [0, 0.05) is 0 Å². The maximum Gasteiger partial charge on any atom is 0.322 e. The third-order valence-electron chi connectivity index (χ3n) is 3.50. The smallest absolute Gasteiger partial charge is 0.322 e. The number of rotatable bonds is 2. The Bertz CT molecular complexity index is 789. The van der Waals surface area contributed by atoms with E-state index in [9.17, 15) is 14.4 Å². The molecule has 1 unspecified atom stereocenters. The molecular weight excluding hydrogens is 260 g/mol. The number of aromatic amines is 1. The van der Waals surface area contributed by atoms with Crippen LogP contribution in [-0.4, -0.2) is 27.3 Å². The average Bonchev–Trinajstić information content (AvgIpc) is 2.79. The van der Waals surface area contributed by atoms with Crippen LogP contribution in [0.3, 0.4) is 0 Å². The van der Waals surface area contributed by atoms with Gasteiger partial charge in [0.2, 0.25) is 0 Å². The van der Waals surface area contributed by atoms with Gasteiger partial charge < -0.3 is 5.32 Å². The second-order valence-electron chi connectivity index (χ2n) is 5.29. The highest BCUT2D eigenvalue weighted by Gasteiger charge is 2.42. The van der Waals surface area contributed by atoms with Crippen LogP contribution in [0, 0.1) is 6.92 Å². The van der Waals surface area contributed by atoms with Crippen LogP contribution in [0.25, 0.3) is 10.9 Å². The third kappa shape index (κ3) is 1.78. The van der Waals surface area contributed by atoms with Crippen LogP contribution in [-0.2, 0) is 11.3 Å². The molecule has 0 bridgehead atoms. The quantitative estimate of drug-likeness (QED) is 0.684. The van der Waals surface area contributed by atoms with Crippen molar-refractivity contribution in [3.05, 3.63) is 34.1 Å². The molecule has 2 aromatic rings. The van der Waals surface area contributed by atoms with E-state index in [0.29, 0.717) is 10.9 Å². The zero-order chi connectivity index (χ0) is 14.5. The molecule has 1 saturated heterocycles. The van der Waals surface area contributed by atoms with Gasteiger partial charge in [0.15, 0.2) is 0 Å². The van der Waals surface area contributed by atoms with E-state index in [-0.39, 0.29) is 12.1 Å². The number of aromatic nitrogens is 2. The normalized spacial score (nSPS) is 22.1.